The van der Waals surface area contributed by atoms with Gasteiger partial charge in [0.2, 0.25) is 0 Å². The van der Waals surface area contributed by atoms with Crippen molar-refractivity contribution in [1.29, 1.82) is 0 Å². The Labute approximate surface area is 93.1 Å². The molecule has 54 valence electrons. The summed E-state index contributed by atoms with van der Waals surface area (Å²) in [6.07, 6.45) is 0.722. The van der Waals surface area contributed by atoms with Crippen molar-refractivity contribution in [3.63, 3.8) is 0 Å². The van der Waals surface area contributed by atoms with Crippen molar-refractivity contribution in [2.24, 2.45) is 0 Å². The number of carbonyl (C=O) groups is 1. The predicted octanol–water partition coefficient (Wildman–Crippen LogP) is 3.42. The fourth-order valence-electron chi connectivity index (χ4n) is 0. The van der Waals surface area contributed by atoms with Gasteiger partial charge >= 0.3 is 64.9 Å². The molecule has 0 radical (unpaired) electrons. The van der Waals surface area contributed by atoms with Gasteiger partial charge in [-0.25, -0.2) is 0 Å². The molecule has 0 saturated heterocycles. The topological polar surface area (TPSA) is 17.1 Å². The van der Waals surface area contributed by atoms with E-state index in [2.05, 4.69) is 66.5 Å². The molecule has 0 saturated carbocycles. The van der Waals surface area contributed by atoms with Gasteiger partial charge in [-0.1, -0.05) is 6.58 Å². The van der Waals surface area contributed by atoms with Crippen molar-refractivity contribution < 1.29 is 9.72 Å². The predicted molar refractivity (Wildman–Crippen MR) is 62.9 cm³/mol. The second-order valence-corrected chi connectivity index (χ2v) is 36.5. The van der Waals surface area contributed by atoms with Crippen LogP contribution in [0.1, 0.15) is 6.92 Å². The third-order valence-electron chi connectivity index (χ3n) is 0.201. The van der Waals surface area contributed by atoms with Gasteiger partial charge in [-0.15, -0.1) is 0 Å². The summed E-state index contributed by atoms with van der Waals surface area (Å²) in [4.78, 5) is 9.13. The Hall–Kier alpha value is 2.18. The van der Waals surface area contributed by atoms with Crippen LogP contribution in [-0.4, -0.2) is 6.29 Å². The van der Waals surface area contributed by atoms with E-state index < -0.39 is 0 Å². The van der Waals surface area contributed by atoms with E-state index in [1.165, 1.54) is 0 Å². The van der Waals surface area contributed by atoms with E-state index in [0.29, 0.717) is 5.57 Å². The molecule has 0 unspecified atom stereocenters. The molecule has 1 nitrogen and oxygen atoms in total. The van der Waals surface area contributed by atoms with Crippen LogP contribution in [0.3, 0.4) is 0 Å². The van der Waals surface area contributed by atoms with E-state index in [1.54, 1.807) is 6.92 Å². The maximum absolute atomic E-state index is 9.41. The Kier molecular flexibility index (Phi) is 15.6. The zero-order valence-corrected chi connectivity index (χ0v) is 12.6. The fraction of sp³-hybridized carbons (Fsp3) is 0.250. The summed E-state index contributed by atoms with van der Waals surface area (Å²) in [6.45, 7) is 4.97. The summed E-state index contributed by atoms with van der Waals surface area (Å²) in [6, 6.07) is 0. The molecule has 0 rings (SSSR count). The molecule has 0 aliphatic carbocycles. The summed E-state index contributed by atoms with van der Waals surface area (Å²) in [5.74, 6) is 0. The summed E-state index contributed by atoms with van der Waals surface area (Å²) >= 11 is 7.39. The molecule has 0 aliphatic rings. The van der Waals surface area contributed by atoms with Crippen LogP contribution in [0.4, 0.5) is 0 Å². The number of halogens is 3. The standard InChI is InChI=1S/C4H6O.3HI.V/c1-4(2)3-5;;;;/h3H,1H2,2H3;3*1H;/q;;;;+3/p-3. The number of hydrogen-bond donors (Lipinski definition) is 0. The molecule has 0 aliphatic heterocycles. The number of carbonyl (C=O) groups excluding carboxylic acids is 1. The van der Waals surface area contributed by atoms with Gasteiger partial charge in [0.25, 0.3) is 0 Å². The average Bonchev–Trinajstić information content (AvgIpc) is 1.65. The second-order valence-electron chi connectivity index (χ2n) is 1.16. The van der Waals surface area contributed by atoms with Crippen LogP contribution in [0, 0.1) is 0 Å². The van der Waals surface area contributed by atoms with Crippen molar-refractivity contribution in [3.8, 4) is 0 Å². The van der Waals surface area contributed by atoms with E-state index >= 15 is 0 Å². The van der Waals surface area contributed by atoms with Crippen molar-refractivity contribution in [3.05, 3.63) is 12.2 Å². The fourth-order valence-corrected chi connectivity index (χ4v) is 0. The molecule has 0 fully saturated rings. The Morgan fingerprint density at radius 2 is 1.67 bits per heavy atom. The monoisotopic (exact) mass is 502 g/mol. The minimum absolute atomic E-state index is 0.278. The van der Waals surface area contributed by atoms with Crippen LogP contribution < -0.4 is 0 Å². The summed E-state index contributed by atoms with van der Waals surface area (Å²) in [5.41, 5.74) is 0.574. The molecular weight excluding hydrogens is 496 g/mol. The van der Waals surface area contributed by atoms with Gasteiger partial charge in [0.15, 0.2) is 0 Å². The van der Waals surface area contributed by atoms with Gasteiger partial charge in [0, 0.05) is 0 Å². The first-order chi connectivity index (χ1) is 4.00. The Balaban J connectivity index is 0. The first-order valence-corrected chi connectivity index (χ1v) is 15.4. The summed E-state index contributed by atoms with van der Waals surface area (Å²) in [7, 11) is 0. The molecule has 0 amide bonds. The first kappa shape index (κ1) is 13.8. The van der Waals surface area contributed by atoms with Gasteiger partial charge in [0.1, 0.15) is 6.29 Å². The molecule has 0 aromatic heterocycles. The quantitative estimate of drug-likeness (QED) is 0.306. The third kappa shape index (κ3) is 39.0. The molecule has 0 N–H and O–H groups in total. The molecule has 0 bridgehead atoms. The molecule has 0 aromatic rings. The normalized spacial score (nSPS) is 7.67. The number of rotatable bonds is 1. The molecular formula is C4H6I3OV. The first-order valence-electron chi connectivity index (χ1n) is 1.89. The van der Waals surface area contributed by atoms with Crippen LogP contribution in [0.25, 0.3) is 0 Å². The van der Waals surface area contributed by atoms with Gasteiger partial charge in [0.05, 0.1) is 0 Å². The van der Waals surface area contributed by atoms with Crippen LogP contribution in [-0.2, 0) is 9.72 Å². The van der Waals surface area contributed by atoms with Crippen LogP contribution in [0.2, 0.25) is 0 Å². The van der Waals surface area contributed by atoms with Crippen LogP contribution in [0.15, 0.2) is 12.2 Å². The van der Waals surface area contributed by atoms with Crippen molar-refractivity contribution in [2.75, 3.05) is 0 Å². The Morgan fingerprint density at radius 1 is 1.56 bits per heavy atom. The van der Waals surface area contributed by atoms with E-state index in [1.807, 2.05) is 0 Å². The summed E-state index contributed by atoms with van der Waals surface area (Å²) in [5, 5.41) is 0. The summed E-state index contributed by atoms with van der Waals surface area (Å²) < 4.78 is 0. The average molecular weight is 502 g/mol. The zero-order valence-electron chi connectivity index (χ0n) is 4.77. The van der Waals surface area contributed by atoms with E-state index in [4.69, 9.17) is 0 Å². The molecule has 0 aromatic carbocycles. The Morgan fingerprint density at radius 3 is 1.67 bits per heavy atom. The number of hydrogen-bond acceptors (Lipinski definition) is 1. The zero-order chi connectivity index (χ0) is 7.86. The molecule has 0 atom stereocenters. The van der Waals surface area contributed by atoms with Gasteiger partial charge in [-0.05, 0) is 12.5 Å². The van der Waals surface area contributed by atoms with Gasteiger partial charge in [-0.2, -0.15) is 0 Å². The molecule has 0 heterocycles. The van der Waals surface area contributed by atoms with Crippen molar-refractivity contribution in [2.45, 2.75) is 6.92 Å². The van der Waals surface area contributed by atoms with Crippen LogP contribution >= 0.6 is 59.9 Å². The van der Waals surface area contributed by atoms with Crippen molar-refractivity contribution >= 4 is 66.2 Å². The number of aldehydes is 1. The third-order valence-corrected chi connectivity index (χ3v) is 0.201. The van der Waals surface area contributed by atoms with Crippen LogP contribution in [0.5, 0.6) is 0 Å². The number of allylic oxidation sites excluding steroid dienone is 1. The second kappa shape index (κ2) is 10.2. The minimum atomic E-state index is -0.278. The Bertz CT molecular complexity index is 91.1. The van der Waals surface area contributed by atoms with E-state index in [0.717, 1.165) is 6.29 Å². The van der Waals surface area contributed by atoms with E-state index in [9.17, 15) is 4.79 Å². The molecule has 5 heteroatoms. The molecule has 9 heavy (non-hydrogen) atoms. The van der Waals surface area contributed by atoms with Gasteiger partial charge in [-0.3, -0.25) is 4.79 Å². The maximum atomic E-state index is 9.41. The van der Waals surface area contributed by atoms with E-state index in [-0.39, 0.29) is 4.92 Å². The SMILES string of the molecule is C=C(C)C=O.[I][V]([I])[I]. The molecule has 0 spiro atoms. The van der Waals surface area contributed by atoms with Gasteiger partial charge < -0.3 is 0 Å². The van der Waals surface area contributed by atoms with Crippen molar-refractivity contribution in [1.82, 2.24) is 0 Å².